The van der Waals surface area contributed by atoms with Crippen molar-refractivity contribution in [2.24, 2.45) is 0 Å². The Balaban J connectivity index is 0. The van der Waals surface area contributed by atoms with Gasteiger partial charge in [-0.25, -0.2) is 0 Å². The van der Waals surface area contributed by atoms with E-state index >= 15 is 0 Å². The van der Waals surface area contributed by atoms with Crippen LogP contribution in [-0.4, -0.2) is 11.1 Å². The Morgan fingerprint density at radius 2 is 2.14 bits per heavy atom. The van der Waals surface area contributed by atoms with Gasteiger partial charge >= 0.3 is 5.97 Å². The third-order valence-corrected chi connectivity index (χ3v) is 0.464. The molecule has 0 rings (SSSR count). The smallest absolute Gasteiger partial charge is 0.303 e. The van der Waals surface area contributed by atoms with Crippen LogP contribution in [0.5, 0.6) is 0 Å². The van der Waals surface area contributed by atoms with Gasteiger partial charge in [-0.2, -0.15) is 0 Å². The first-order valence-corrected chi connectivity index (χ1v) is 1.99. The predicted octanol–water partition coefficient (Wildman–Crippen LogP) is 0.869. The van der Waals surface area contributed by atoms with Crippen molar-refractivity contribution in [2.75, 3.05) is 0 Å². The summed E-state index contributed by atoms with van der Waals surface area (Å²) in [6, 6.07) is 0. The summed E-state index contributed by atoms with van der Waals surface area (Å²) in [4.78, 5) is 9.60. The van der Waals surface area contributed by atoms with Gasteiger partial charge in [0.25, 0.3) is 0 Å². The fourth-order valence-electron chi connectivity index (χ4n) is 0.214. The molecule has 0 aromatic rings. The molecule has 0 aromatic carbocycles. The van der Waals surface area contributed by atoms with E-state index in [-0.39, 0.29) is 26.2 Å². The van der Waals surface area contributed by atoms with Gasteiger partial charge in [-0.05, 0) is 6.42 Å². The summed E-state index contributed by atoms with van der Waals surface area (Å²) in [6.45, 7) is 1.84. The number of hydrogen-bond acceptors (Lipinski definition) is 1. The van der Waals surface area contributed by atoms with E-state index < -0.39 is 5.97 Å². The molecular formula is C4H8O2Zr. The molecule has 40 valence electrons. The summed E-state index contributed by atoms with van der Waals surface area (Å²) in [6.07, 6.45) is 1.02. The zero-order valence-electron chi connectivity index (χ0n) is 4.27. The second-order valence-electron chi connectivity index (χ2n) is 1.14. The monoisotopic (exact) mass is 90.1 g/mol. The summed E-state index contributed by atoms with van der Waals surface area (Å²) in [7, 11) is 0. The Morgan fingerprint density at radius 3 is 2.14 bits per heavy atom. The average molecular weight is 90.1 g/mol. The van der Waals surface area contributed by atoms with Gasteiger partial charge in [0, 0.05) is 32.6 Å². The number of aliphatic carboxylic acids is 1. The van der Waals surface area contributed by atoms with Crippen LogP contribution >= 0.6 is 0 Å². The van der Waals surface area contributed by atoms with Gasteiger partial charge < -0.3 is 5.11 Å². The summed E-state index contributed by atoms with van der Waals surface area (Å²) in [5.74, 6) is -0.711. The quantitative estimate of drug-likeness (QED) is 0.546. The molecule has 0 bridgehead atoms. The number of hydrogen-bond donors (Lipinski definition) is 1. The number of carboxylic acid groups (broad SMARTS) is 1. The molecule has 2 nitrogen and oxygen atoms in total. The van der Waals surface area contributed by atoms with Crippen molar-refractivity contribution in [3.63, 3.8) is 0 Å². The minimum atomic E-state index is -0.711. The van der Waals surface area contributed by atoms with E-state index in [9.17, 15) is 4.79 Å². The van der Waals surface area contributed by atoms with Crippen LogP contribution in [0.3, 0.4) is 0 Å². The largest absolute Gasteiger partial charge is 0.481 e. The topological polar surface area (TPSA) is 37.3 Å². The second kappa shape index (κ2) is 6.35. The zero-order valence-corrected chi connectivity index (χ0v) is 6.73. The first kappa shape index (κ1) is 10.4. The number of rotatable bonds is 2. The Morgan fingerprint density at radius 1 is 1.71 bits per heavy atom. The van der Waals surface area contributed by atoms with Gasteiger partial charge in [0.2, 0.25) is 0 Å². The van der Waals surface area contributed by atoms with Crippen LogP contribution in [0.15, 0.2) is 0 Å². The fraction of sp³-hybridized carbons (Fsp3) is 0.750. The van der Waals surface area contributed by atoms with E-state index in [1.165, 1.54) is 0 Å². The molecule has 0 amide bonds. The van der Waals surface area contributed by atoms with Crippen molar-refractivity contribution >= 4 is 5.97 Å². The SMILES string of the molecule is CCCC(=O)O.[2Zr]. The summed E-state index contributed by atoms with van der Waals surface area (Å²) >= 11 is 0. The van der Waals surface area contributed by atoms with Crippen LogP contribution in [-0.2, 0) is 31.0 Å². The van der Waals surface area contributed by atoms with Gasteiger partial charge in [-0.1, -0.05) is 6.92 Å². The Bertz CT molecular complexity index is 53.7. The van der Waals surface area contributed by atoms with Crippen LogP contribution in [0.2, 0.25) is 0 Å². The molecule has 0 saturated heterocycles. The minimum absolute atomic E-state index is 0. The maximum absolute atomic E-state index is 9.60. The summed E-state index contributed by atoms with van der Waals surface area (Å²) in [5.41, 5.74) is 0. The van der Waals surface area contributed by atoms with E-state index in [1.54, 1.807) is 0 Å². The molecule has 0 atom stereocenters. The van der Waals surface area contributed by atoms with Crippen LogP contribution in [0.1, 0.15) is 19.8 Å². The molecule has 7 heavy (non-hydrogen) atoms. The van der Waals surface area contributed by atoms with Crippen molar-refractivity contribution in [1.82, 2.24) is 0 Å². The third kappa shape index (κ3) is 10.7. The van der Waals surface area contributed by atoms with Gasteiger partial charge in [0.15, 0.2) is 0 Å². The standard InChI is InChI=1S/C4H8O2.Zr/c1-2-3-4(5)6;/h2-3H2,1H3,(H,5,6);/i;1-89. The molecule has 1 N–H and O–H groups in total. The molecule has 0 fully saturated rings. The minimum Gasteiger partial charge on any atom is -0.481 e. The van der Waals surface area contributed by atoms with Crippen molar-refractivity contribution < 1.29 is 36.1 Å². The van der Waals surface area contributed by atoms with E-state index in [0.29, 0.717) is 6.42 Å². The molecule has 0 radical (unpaired) electrons. The van der Waals surface area contributed by atoms with E-state index in [1.807, 2.05) is 6.92 Å². The van der Waals surface area contributed by atoms with Crippen molar-refractivity contribution in [3.05, 3.63) is 0 Å². The summed E-state index contributed by atoms with van der Waals surface area (Å²) < 4.78 is 0. The molecule has 0 aliphatic heterocycles. The second-order valence-corrected chi connectivity index (χ2v) is 1.14. The summed E-state index contributed by atoms with van der Waals surface area (Å²) in [5, 5.41) is 7.91. The average Bonchev–Trinajstić information content (AvgIpc) is 1.35. The molecule has 0 saturated carbocycles. The molecule has 0 aromatic heterocycles. The molecule has 0 aliphatic rings. The Hall–Kier alpha value is 0.353. The zero-order chi connectivity index (χ0) is 4.99. The molecule has 0 spiro atoms. The van der Waals surface area contributed by atoms with Crippen molar-refractivity contribution in [3.8, 4) is 0 Å². The molecule has 3 heteroatoms. The van der Waals surface area contributed by atoms with Crippen molar-refractivity contribution in [2.45, 2.75) is 19.8 Å². The first-order chi connectivity index (χ1) is 2.77. The Labute approximate surface area is 62.0 Å². The van der Waals surface area contributed by atoms with Gasteiger partial charge in [0.1, 0.15) is 0 Å². The van der Waals surface area contributed by atoms with Gasteiger partial charge in [-0.3, -0.25) is 4.79 Å². The fourth-order valence-corrected chi connectivity index (χ4v) is 0.214. The van der Waals surface area contributed by atoms with Crippen molar-refractivity contribution in [1.29, 1.82) is 0 Å². The Kier molecular flexibility index (Phi) is 9.40. The predicted molar refractivity (Wildman–Crippen MR) is 22.5 cm³/mol. The molecule has 0 unspecified atom stereocenters. The third-order valence-electron chi connectivity index (χ3n) is 0.464. The maximum Gasteiger partial charge on any atom is 0.303 e. The van der Waals surface area contributed by atoms with Gasteiger partial charge in [-0.15, -0.1) is 0 Å². The van der Waals surface area contributed by atoms with E-state index in [2.05, 4.69) is 0 Å². The van der Waals surface area contributed by atoms with E-state index in [4.69, 9.17) is 5.11 Å². The molecule has 0 heterocycles. The van der Waals surface area contributed by atoms with Crippen LogP contribution in [0.4, 0.5) is 0 Å². The van der Waals surface area contributed by atoms with Crippen LogP contribution in [0.25, 0.3) is 0 Å². The number of carboxylic acids is 1. The van der Waals surface area contributed by atoms with Gasteiger partial charge in [0.05, 0.1) is 0 Å². The first-order valence-electron chi connectivity index (χ1n) is 1.99. The molecular weight excluding hydrogens is 82.0 g/mol. The van der Waals surface area contributed by atoms with Crippen LogP contribution in [0, 0.1) is 0 Å². The normalized spacial score (nSPS) is 7.00. The van der Waals surface area contributed by atoms with Crippen LogP contribution < -0.4 is 0 Å². The molecule has 0 aliphatic carbocycles. The van der Waals surface area contributed by atoms with E-state index in [0.717, 1.165) is 6.42 Å². The maximum atomic E-state index is 9.60. The number of carbonyl (C=O) groups is 1.